The van der Waals surface area contributed by atoms with Crippen LogP contribution in [-0.4, -0.2) is 28.1 Å². The fraction of sp³-hybridized carbons (Fsp3) is 0.529. The smallest absolute Gasteiger partial charge is 0.270 e. The van der Waals surface area contributed by atoms with Gasteiger partial charge in [-0.25, -0.2) is 4.98 Å². The van der Waals surface area contributed by atoms with E-state index in [1.54, 1.807) is 18.3 Å². The van der Waals surface area contributed by atoms with Crippen molar-refractivity contribution in [3.05, 3.63) is 29.6 Å². The van der Waals surface area contributed by atoms with Crippen molar-refractivity contribution in [2.24, 2.45) is 0 Å². The van der Waals surface area contributed by atoms with Crippen LogP contribution < -0.4 is 5.32 Å². The summed E-state index contributed by atoms with van der Waals surface area (Å²) < 4.78 is 0. The van der Waals surface area contributed by atoms with Crippen LogP contribution in [0.3, 0.4) is 0 Å². The largest absolute Gasteiger partial charge is 0.395 e. The third kappa shape index (κ3) is 4.57. The highest BCUT2D eigenvalue weighted by Crippen LogP contribution is 2.27. The molecule has 1 amide bonds. The summed E-state index contributed by atoms with van der Waals surface area (Å²) in [5, 5.41) is 11.8. The third-order valence-corrected chi connectivity index (χ3v) is 3.84. The molecular weight excluding hydrogens is 264 g/mol. The maximum absolute atomic E-state index is 12.2. The predicted octanol–water partition coefficient (Wildman–Crippen LogP) is 2.27. The first-order valence-electron chi connectivity index (χ1n) is 7.51. The Morgan fingerprint density at radius 1 is 1.38 bits per heavy atom. The van der Waals surface area contributed by atoms with Gasteiger partial charge in [0.1, 0.15) is 5.69 Å². The summed E-state index contributed by atoms with van der Waals surface area (Å²) in [5.41, 5.74) is 1.08. The molecule has 0 aromatic carbocycles. The minimum absolute atomic E-state index is 0.0551. The average Bonchev–Trinajstić information content (AvgIpc) is 2.48. The van der Waals surface area contributed by atoms with Crippen LogP contribution in [0.15, 0.2) is 18.3 Å². The maximum Gasteiger partial charge on any atom is 0.270 e. The van der Waals surface area contributed by atoms with Crippen molar-refractivity contribution in [2.45, 2.75) is 51.0 Å². The molecule has 1 aliphatic rings. The third-order valence-electron chi connectivity index (χ3n) is 3.84. The minimum Gasteiger partial charge on any atom is -0.395 e. The zero-order chi connectivity index (χ0) is 15.1. The lowest BCUT2D eigenvalue weighted by molar-refractivity contribution is 0.0877. The fourth-order valence-corrected chi connectivity index (χ4v) is 2.62. The van der Waals surface area contributed by atoms with Gasteiger partial charge in [-0.2, -0.15) is 0 Å². The Labute approximate surface area is 126 Å². The second kappa shape index (κ2) is 7.24. The first-order valence-corrected chi connectivity index (χ1v) is 7.51. The molecule has 1 saturated carbocycles. The summed E-state index contributed by atoms with van der Waals surface area (Å²) in [7, 11) is 0. The number of aliphatic hydroxyl groups is 1. The molecule has 4 nitrogen and oxygen atoms in total. The second-order valence-electron chi connectivity index (χ2n) is 5.78. The number of rotatable bonds is 3. The lowest BCUT2D eigenvalue weighted by Gasteiger charge is -2.34. The van der Waals surface area contributed by atoms with Gasteiger partial charge in [0.25, 0.3) is 5.91 Å². The number of pyridine rings is 1. The molecule has 1 aromatic heterocycles. The van der Waals surface area contributed by atoms with Gasteiger partial charge in [0.15, 0.2) is 0 Å². The van der Waals surface area contributed by atoms with Crippen LogP contribution in [-0.2, 0) is 0 Å². The van der Waals surface area contributed by atoms with Crippen molar-refractivity contribution in [3.63, 3.8) is 0 Å². The summed E-state index contributed by atoms with van der Waals surface area (Å²) in [4.78, 5) is 16.4. The number of hydrogen-bond acceptors (Lipinski definition) is 3. The summed E-state index contributed by atoms with van der Waals surface area (Å²) in [6, 6.07) is 3.49. The normalized spacial score (nSPS) is 16.7. The van der Waals surface area contributed by atoms with Crippen LogP contribution in [0.2, 0.25) is 0 Å². The highest BCUT2D eigenvalue weighted by Gasteiger charge is 2.28. The number of nitrogens with zero attached hydrogens (tertiary/aromatic N) is 1. The van der Waals surface area contributed by atoms with E-state index in [1.807, 2.05) is 0 Å². The Hall–Kier alpha value is -1.86. The molecule has 0 saturated heterocycles. The van der Waals surface area contributed by atoms with Gasteiger partial charge < -0.3 is 10.4 Å². The molecule has 1 aromatic rings. The van der Waals surface area contributed by atoms with Gasteiger partial charge in [0, 0.05) is 23.7 Å². The molecule has 2 rings (SSSR count). The van der Waals surface area contributed by atoms with Gasteiger partial charge in [0.2, 0.25) is 0 Å². The van der Waals surface area contributed by atoms with Gasteiger partial charge in [0.05, 0.1) is 6.61 Å². The van der Waals surface area contributed by atoms with Crippen LogP contribution in [0.5, 0.6) is 0 Å². The van der Waals surface area contributed by atoms with E-state index >= 15 is 0 Å². The van der Waals surface area contributed by atoms with Crippen molar-refractivity contribution in [1.82, 2.24) is 10.3 Å². The van der Waals surface area contributed by atoms with Crippen molar-refractivity contribution < 1.29 is 9.90 Å². The van der Waals surface area contributed by atoms with E-state index in [4.69, 9.17) is 5.11 Å². The summed E-state index contributed by atoms with van der Waals surface area (Å²) in [6.45, 7) is 2.16. The van der Waals surface area contributed by atoms with Crippen molar-refractivity contribution in [3.8, 4) is 11.8 Å². The van der Waals surface area contributed by atoms with E-state index in [0.29, 0.717) is 12.1 Å². The number of carbonyl (C=O) groups is 1. The zero-order valence-corrected chi connectivity index (χ0v) is 12.5. The van der Waals surface area contributed by atoms with Gasteiger partial charge >= 0.3 is 0 Å². The Kier molecular flexibility index (Phi) is 5.35. The van der Waals surface area contributed by atoms with E-state index in [2.05, 4.69) is 29.1 Å². The molecule has 4 heteroatoms. The summed E-state index contributed by atoms with van der Waals surface area (Å²) in [5.74, 6) is 5.61. The Bertz CT molecular complexity index is 534. The Morgan fingerprint density at radius 3 is 2.76 bits per heavy atom. The van der Waals surface area contributed by atoms with Gasteiger partial charge in [-0.1, -0.05) is 31.1 Å². The molecule has 0 aliphatic heterocycles. The Balaban J connectivity index is 1.98. The SMILES string of the molecule is CC1(NC(=O)c2ccc(C#CCCO)cn2)CCCCC1. The highest BCUT2D eigenvalue weighted by molar-refractivity contribution is 5.92. The molecular formula is C17H22N2O2. The molecule has 2 N–H and O–H groups in total. The fourth-order valence-electron chi connectivity index (χ4n) is 2.62. The number of aliphatic hydroxyl groups excluding tert-OH is 1. The molecule has 1 heterocycles. The van der Waals surface area contributed by atoms with E-state index in [1.165, 1.54) is 19.3 Å². The molecule has 0 atom stereocenters. The first-order chi connectivity index (χ1) is 10.1. The quantitative estimate of drug-likeness (QED) is 0.838. The maximum atomic E-state index is 12.2. The van der Waals surface area contributed by atoms with Crippen molar-refractivity contribution >= 4 is 5.91 Å². The van der Waals surface area contributed by atoms with Gasteiger partial charge in [-0.15, -0.1) is 0 Å². The predicted molar refractivity (Wildman–Crippen MR) is 81.8 cm³/mol. The van der Waals surface area contributed by atoms with Crippen LogP contribution in [0.1, 0.15) is 61.5 Å². The highest BCUT2D eigenvalue weighted by atomic mass is 16.2. The van der Waals surface area contributed by atoms with Crippen LogP contribution >= 0.6 is 0 Å². The summed E-state index contributed by atoms with van der Waals surface area (Å²) >= 11 is 0. The van der Waals surface area contributed by atoms with Crippen LogP contribution in [0.25, 0.3) is 0 Å². The topological polar surface area (TPSA) is 62.2 Å². The number of aromatic nitrogens is 1. The number of carbonyl (C=O) groups excluding carboxylic acids is 1. The van der Waals surface area contributed by atoms with E-state index < -0.39 is 0 Å². The van der Waals surface area contributed by atoms with E-state index in [9.17, 15) is 4.79 Å². The Morgan fingerprint density at radius 2 is 2.14 bits per heavy atom. The molecule has 0 spiro atoms. The second-order valence-corrected chi connectivity index (χ2v) is 5.78. The van der Waals surface area contributed by atoms with Crippen LogP contribution in [0, 0.1) is 11.8 Å². The number of hydrogen-bond donors (Lipinski definition) is 2. The van der Waals surface area contributed by atoms with Gasteiger partial charge in [-0.05, 0) is 31.9 Å². The standard InChI is InChI=1S/C17H22N2O2/c1-17(10-4-2-5-11-17)19-16(21)15-9-8-14(13-18-15)7-3-6-12-20/h8-9,13,20H,2,4-6,10-12H2,1H3,(H,19,21). The summed E-state index contributed by atoms with van der Waals surface area (Å²) in [6.07, 6.45) is 7.70. The van der Waals surface area contributed by atoms with E-state index in [0.717, 1.165) is 18.4 Å². The van der Waals surface area contributed by atoms with E-state index in [-0.39, 0.29) is 18.1 Å². The molecule has 21 heavy (non-hydrogen) atoms. The molecule has 0 unspecified atom stereocenters. The number of nitrogens with one attached hydrogen (secondary N) is 1. The average molecular weight is 286 g/mol. The van der Waals surface area contributed by atoms with Crippen LogP contribution in [0.4, 0.5) is 0 Å². The molecule has 0 bridgehead atoms. The van der Waals surface area contributed by atoms with Gasteiger partial charge in [-0.3, -0.25) is 4.79 Å². The lowest BCUT2D eigenvalue weighted by Crippen LogP contribution is -2.47. The molecule has 1 aliphatic carbocycles. The zero-order valence-electron chi connectivity index (χ0n) is 12.5. The molecule has 0 radical (unpaired) electrons. The molecule has 1 fully saturated rings. The molecule has 112 valence electrons. The van der Waals surface area contributed by atoms with Crippen molar-refractivity contribution in [1.29, 1.82) is 0 Å². The minimum atomic E-state index is -0.116. The first kappa shape index (κ1) is 15.5. The monoisotopic (exact) mass is 286 g/mol. The van der Waals surface area contributed by atoms with Crippen molar-refractivity contribution in [2.75, 3.05) is 6.61 Å². The lowest BCUT2D eigenvalue weighted by atomic mass is 9.83. The number of amides is 1.